The van der Waals surface area contributed by atoms with Gasteiger partial charge in [0.25, 0.3) is 0 Å². The number of rotatable bonds is 3. The SMILES string of the molecule is CCC.COc1cc2c(cc1OC1CNCC(C)O1)CCNC2. The maximum atomic E-state index is 5.98. The molecule has 0 aliphatic carbocycles. The van der Waals surface area contributed by atoms with Crippen molar-refractivity contribution in [3.05, 3.63) is 23.3 Å². The maximum Gasteiger partial charge on any atom is 0.212 e. The zero-order valence-corrected chi connectivity index (χ0v) is 14.8. The lowest BCUT2D eigenvalue weighted by Gasteiger charge is -2.30. The van der Waals surface area contributed by atoms with Crippen molar-refractivity contribution >= 4 is 0 Å². The normalized spacial score (nSPS) is 23.3. The average Bonchev–Trinajstić information content (AvgIpc) is 2.55. The van der Waals surface area contributed by atoms with E-state index in [0.29, 0.717) is 6.54 Å². The predicted octanol–water partition coefficient (Wildman–Crippen LogP) is 2.47. The van der Waals surface area contributed by atoms with Gasteiger partial charge < -0.3 is 24.8 Å². The third kappa shape index (κ3) is 5.09. The molecule has 0 radical (unpaired) electrons. The lowest BCUT2D eigenvalue weighted by Crippen LogP contribution is -2.46. The lowest BCUT2D eigenvalue weighted by atomic mass is 10.0. The van der Waals surface area contributed by atoms with E-state index in [0.717, 1.165) is 37.6 Å². The number of nitrogens with one attached hydrogen (secondary N) is 2. The largest absolute Gasteiger partial charge is 0.493 e. The quantitative estimate of drug-likeness (QED) is 0.895. The first kappa shape index (κ1) is 18.0. The Morgan fingerprint density at radius 1 is 1.13 bits per heavy atom. The second-order valence-electron chi connectivity index (χ2n) is 6.06. The van der Waals surface area contributed by atoms with Gasteiger partial charge in [0.15, 0.2) is 11.5 Å². The van der Waals surface area contributed by atoms with E-state index in [2.05, 4.69) is 36.6 Å². The van der Waals surface area contributed by atoms with E-state index in [1.54, 1.807) is 7.11 Å². The molecule has 1 aromatic carbocycles. The van der Waals surface area contributed by atoms with Gasteiger partial charge >= 0.3 is 0 Å². The van der Waals surface area contributed by atoms with Crippen molar-refractivity contribution in [2.45, 2.75) is 52.6 Å². The molecule has 23 heavy (non-hydrogen) atoms. The van der Waals surface area contributed by atoms with Crippen molar-refractivity contribution in [1.82, 2.24) is 10.6 Å². The van der Waals surface area contributed by atoms with Crippen LogP contribution in [0.25, 0.3) is 0 Å². The van der Waals surface area contributed by atoms with Gasteiger partial charge in [0, 0.05) is 13.1 Å². The van der Waals surface area contributed by atoms with Crippen LogP contribution in [-0.4, -0.2) is 39.1 Å². The lowest BCUT2D eigenvalue weighted by molar-refractivity contribution is -0.130. The topological polar surface area (TPSA) is 51.8 Å². The zero-order valence-electron chi connectivity index (χ0n) is 14.8. The molecule has 2 N–H and O–H groups in total. The highest BCUT2D eigenvalue weighted by Gasteiger charge is 2.22. The van der Waals surface area contributed by atoms with Crippen LogP contribution < -0.4 is 20.1 Å². The van der Waals surface area contributed by atoms with Crippen LogP contribution in [0.1, 0.15) is 38.3 Å². The molecule has 2 heterocycles. The summed E-state index contributed by atoms with van der Waals surface area (Å²) in [6.45, 7) is 9.76. The summed E-state index contributed by atoms with van der Waals surface area (Å²) in [5, 5.41) is 6.67. The maximum absolute atomic E-state index is 5.98. The number of benzene rings is 1. The average molecular weight is 322 g/mol. The summed E-state index contributed by atoms with van der Waals surface area (Å²) in [6, 6.07) is 4.16. The second kappa shape index (κ2) is 9.11. The van der Waals surface area contributed by atoms with Crippen LogP contribution in [0.4, 0.5) is 0 Å². The van der Waals surface area contributed by atoms with Gasteiger partial charge in [-0.25, -0.2) is 0 Å². The Bertz CT molecular complexity index is 493. The summed E-state index contributed by atoms with van der Waals surface area (Å²) >= 11 is 0. The fraction of sp³-hybridized carbons (Fsp3) is 0.667. The monoisotopic (exact) mass is 322 g/mol. The second-order valence-corrected chi connectivity index (χ2v) is 6.06. The molecule has 3 rings (SSSR count). The number of ether oxygens (including phenoxy) is 3. The molecular formula is C18H30N2O3. The molecule has 5 nitrogen and oxygen atoms in total. The first-order valence-electron chi connectivity index (χ1n) is 8.61. The van der Waals surface area contributed by atoms with E-state index < -0.39 is 0 Å². The van der Waals surface area contributed by atoms with Crippen molar-refractivity contribution in [3.63, 3.8) is 0 Å². The number of hydrogen-bond acceptors (Lipinski definition) is 5. The molecule has 130 valence electrons. The molecule has 2 unspecified atom stereocenters. The zero-order chi connectivity index (χ0) is 16.7. The summed E-state index contributed by atoms with van der Waals surface area (Å²) in [7, 11) is 1.67. The van der Waals surface area contributed by atoms with Gasteiger partial charge in [0.05, 0.1) is 19.8 Å². The highest BCUT2D eigenvalue weighted by molar-refractivity contribution is 5.48. The van der Waals surface area contributed by atoms with Gasteiger partial charge in [-0.1, -0.05) is 20.3 Å². The van der Waals surface area contributed by atoms with Crippen molar-refractivity contribution in [1.29, 1.82) is 0 Å². The number of methoxy groups -OCH3 is 1. The smallest absolute Gasteiger partial charge is 0.212 e. The summed E-state index contributed by atoms with van der Waals surface area (Å²) in [5.41, 5.74) is 2.62. The fourth-order valence-electron chi connectivity index (χ4n) is 2.71. The van der Waals surface area contributed by atoms with Crippen LogP contribution in [0.3, 0.4) is 0 Å². The summed E-state index contributed by atoms with van der Waals surface area (Å²) in [5.74, 6) is 1.54. The van der Waals surface area contributed by atoms with E-state index in [1.165, 1.54) is 17.5 Å². The molecule has 2 aliphatic heterocycles. The standard InChI is InChI=1S/C15H22N2O3.C3H8/c1-10-7-17-9-15(19-10)20-14-5-11-3-4-16-8-12(11)6-13(14)18-2;1-3-2/h5-6,10,15-17H,3-4,7-9H2,1-2H3;3H2,1-2H3. The third-order valence-corrected chi connectivity index (χ3v) is 3.76. The van der Waals surface area contributed by atoms with Crippen molar-refractivity contribution < 1.29 is 14.2 Å². The van der Waals surface area contributed by atoms with Crippen molar-refractivity contribution in [3.8, 4) is 11.5 Å². The molecule has 0 spiro atoms. The van der Waals surface area contributed by atoms with Crippen LogP contribution in [0.15, 0.2) is 12.1 Å². The number of morpholine rings is 1. The van der Waals surface area contributed by atoms with E-state index in [4.69, 9.17) is 14.2 Å². The molecule has 1 aromatic rings. The molecule has 2 aliphatic rings. The van der Waals surface area contributed by atoms with Crippen LogP contribution in [0, 0.1) is 0 Å². The summed E-state index contributed by atoms with van der Waals surface area (Å²) in [4.78, 5) is 0. The highest BCUT2D eigenvalue weighted by Crippen LogP contribution is 2.33. The Labute approximate surface area is 139 Å². The van der Waals surface area contributed by atoms with E-state index in [-0.39, 0.29) is 12.4 Å². The first-order valence-corrected chi connectivity index (χ1v) is 8.61. The number of fused-ring (bicyclic) bond motifs is 1. The van der Waals surface area contributed by atoms with Gasteiger partial charge in [-0.2, -0.15) is 0 Å². The third-order valence-electron chi connectivity index (χ3n) is 3.76. The molecule has 2 atom stereocenters. The summed E-state index contributed by atoms with van der Waals surface area (Å²) < 4.78 is 17.2. The molecule has 5 heteroatoms. The Morgan fingerprint density at radius 2 is 1.87 bits per heavy atom. The predicted molar refractivity (Wildman–Crippen MR) is 92.2 cm³/mol. The van der Waals surface area contributed by atoms with Gasteiger partial charge in [0.2, 0.25) is 6.29 Å². The van der Waals surface area contributed by atoms with E-state index in [1.807, 2.05) is 6.92 Å². The Kier molecular flexibility index (Phi) is 7.15. The Hall–Kier alpha value is -1.30. The molecule has 0 saturated carbocycles. The first-order chi connectivity index (χ1) is 11.2. The molecule has 0 amide bonds. The molecule has 1 saturated heterocycles. The van der Waals surface area contributed by atoms with Crippen LogP contribution in [-0.2, 0) is 17.7 Å². The summed E-state index contributed by atoms with van der Waals surface area (Å²) in [6.07, 6.45) is 2.18. The fourth-order valence-corrected chi connectivity index (χ4v) is 2.71. The van der Waals surface area contributed by atoms with Crippen molar-refractivity contribution in [2.75, 3.05) is 26.7 Å². The minimum absolute atomic E-state index is 0.168. The van der Waals surface area contributed by atoms with Crippen LogP contribution in [0.2, 0.25) is 0 Å². The van der Waals surface area contributed by atoms with Gasteiger partial charge in [-0.3, -0.25) is 0 Å². The van der Waals surface area contributed by atoms with Gasteiger partial charge in [-0.15, -0.1) is 0 Å². The van der Waals surface area contributed by atoms with E-state index >= 15 is 0 Å². The number of hydrogen-bond donors (Lipinski definition) is 2. The van der Waals surface area contributed by atoms with Crippen LogP contribution in [0.5, 0.6) is 11.5 Å². The van der Waals surface area contributed by atoms with Gasteiger partial charge in [0.1, 0.15) is 0 Å². The van der Waals surface area contributed by atoms with Gasteiger partial charge in [-0.05, 0) is 43.1 Å². The Morgan fingerprint density at radius 3 is 2.57 bits per heavy atom. The van der Waals surface area contributed by atoms with Crippen molar-refractivity contribution in [2.24, 2.45) is 0 Å². The minimum Gasteiger partial charge on any atom is -0.493 e. The molecule has 1 fully saturated rings. The van der Waals surface area contributed by atoms with Crippen LogP contribution >= 0.6 is 0 Å². The molecule has 0 bridgehead atoms. The molecular weight excluding hydrogens is 292 g/mol. The Balaban J connectivity index is 0.000000595. The minimum atomic E-state index is -0.257. The van der Waals surface area contributed by atoms with E-state index in [9.17, 15) is 0 Å². The molecule has 0 aromatic heterocycles. The highest BCUT2D eigenvalue weighted by atomic mass is 16.7.